The molecule has 1 atom stereocenters. The number of fused-ring (bicyclic) bond motifs is 1. The lowest BCUT2D eigenvalue weighted by Crippen LogP contribution is -2.20. The van der Waals surface area contributed by atoms with Crippen LogP contribution >= 0.6 is 0 Å². The van der Waals surface area contributed by atoms with Gasteiger partial charge in [0.25, 0.3) is 0 Å². The molecule has 0 radical (unpaired) electrons. The van der Waals surface area contributed by atoms with Gasteiger partial charge in [-0.05, 0) is 19.1 Å². The molecule has 0 saturated heterocycles. The molecule has 1 aliphatic heterocycles. The van der Waals surface area contributed by atoms with Gasteiger partial charge in [0.05, 0.1) is 11.4 Å². The molecule has 4 heteroatoms. The molecule has 13 heavy (non-hydrogen) atoms. The quantitative estimate of drug-likeness (QED) is 0.672. The van der Waals surface area contributed by atoms with Crippen molar-refractivity contribution in [2.45, 2.75) is 13.0 Å². The average molecular weight is 179 g/mol. The van der Waals surface area contributed by atoms with Crippen molar-refractivity contribution in [1.82, 2.24) is 4.98 Å². The zero-order chi connectivity index (χ0) is 9.26. The lowest BCUT2D eigenvalue weighted by molar-refractivity contribution is 0.309. The maximum Gasteiger partial charge on any atom is 0.237 e. The second kappa shape index (κ2) is 3.22. The van der Waals surface area contributed by atoms with Crippen molar-refractivity contribution in [3.63, 3.8) is 0 Å². The monoisotopic (exact) mass is 179 g/mol. The van der Waals surface area contributed by atoms with Crippen LogP contribution in [0.3, 0.4) is 0 Å². The molecule has 2 heterocycles. The Morgan fingerprint density at radius 1 is 1.62 bits per heavy atom. The van der Waals surface area contributed by atoms with E-state index in [0.29, 0.717) is 12.5 Å². The fraction of sp³-hybridized carbons (Fsp3) is 0.444. The minimum atomic E-state index is -0.0455. The van der Waals surface area contributed by atoms with Gasteiger partial charge in [-0.2, -0.15) is 0 Å². The van der Waals surface area contributed by atoms with Crippen molar-refractivity contribution in [2.24, 2.45) is 5.73 Å². The third kappa shape index (κ3) is 1.58. The highest BCUT2D eigenvalue weighted by Crippen LogP contribution is 2.25. The molecule has 0 fully saturated rings. The number of ether oxygens (including phenoxy) is 1. The van der Waals surface area contributed by atoms with Crippen LogP contribution in [0.25, 0.3) is 0 Å². The number of rotatable bonds is 1. The van der Waals surface area contributed by atoms with Crippen molar-refractivity contribution in [2.75, 3.05) is 18.5 Å². The van der Waals surface area contributed by atoms with Gasteiger partial charge in [0, 0.05) is 12.6 Å². The van der Waals surface area contributed by atoms with Crippen molar-refractivity contribution >= 4 is 5.69 Å². The van der Waals surface area contributed by atoms with Crippen LogP contribution in [0.5, 0.6) is 5.88 Å². The smallest absolute Gasteiger partial charge is 0.237 e. The summed E-state index contributed by atoms with van der Waals surface area (Å²) in [6.45, 7) is 3.42. The molecule has 0 amide bonds. The molecule has 3 N–H and O–H groups in total. The van der Waals surface area contributed by atoms with Crippen LogP contribution in [0.1, 0.15) is 18.7 Å². The molecule has 1 aromatic heterocycles. The lowest BCUT2D eigenvalue weighted by Gasteiger charge is -2.19. The first-order valence-corrected chi connectivity index (χ1v) is 4.40. The van der Waals surface area contributed by atoms with E-state index in [-0.39, 0.29) is 6.04 Å². The Balaban J connectivity index is 2.35. The van der Waals surface area contributed by atoms with Gasteiger partial charge in [-0.1, -0.05) is 0 Å². The summed E-state index contributed by atoms with van der Waals surface area (Å²) in [6.07, 6.45) is 0. The third-order valence-electron chi connectivity index (χ3n) is 2.00. The number of nitrogens with zero attached hydrogens (tertiary/aromatic N) is 1. The summed E-state index contributed by atoms with van der Waals surface area (Å²) in [5, 5.41) is 3.20. The van der Waals surface area contributed by atoms with Crippen LogP contribution in [0.2, 0.25) is 0 Å². The standard InChI is InChI=1S/C9H13N3O/c1-6(10)7-2-3-8-9(12-7)13-5-4-11-8/h2-3,6,11H,4-5,10H2,1H3. The average Bonchev–Trinajstić information content (AvgIpc) is 2.17. The molecule has 2 rings (SSSR count). The van der Waals surface area contributed by atoms with Gasteiger partial charge < -0.3 is 15.8 Å². The third-order valence-corrected chi connectivity index (χ3v) is 2.00. The molecule has 70 valence electrons. The first-order chi connectivity index (χ1) is 6.27. The van der Waals surface area contributed by atoms with E-state index in [4.69, 9.17) is 10.5 Å². The highest BCUT2D eigenvalue weighted by atomic mass is 16.5. The summed E-state index contributed by atoms with van der Waals surface area (Å²) in [5.41, 5.74) is 7.53. The summed E-state index contributed by atoms with van der Waals surface area (Å²) in [6, 6.07) is 3.83. The van der Waals surface area contributed by atoms with E-state index in [2.05, 4.69) is 10.3 Å². The van der Waals surface area contributed by atoms with Gasteiger partial charge in [0.1, 0.15) is 6.61 Å². The first kappa shape index (κ1) is 8.31. The minimum absolute atomic E-state index is 0.0455. The Morgan fingerprint density at radius 3 is 3.23 bits per heavy atom. The zero-order valence-corrected chi connectivity index (χ0v) is 7.58. The summed E-state index contributed by atoms with van der Waals surface area (Å²) in [7, 11) is 0. The number of hydrogen-bond acceptors (Lipinski definition) is 4. The topological polar surface area (TPSA) is 60.2 Å². The highest BCUT2D eigenvalue weighted by Gasteiger charge is 2.12. The van der Waals surface area contributed by atoms with Gasteiger partial charge in [0.15, 0.2) is 0 Å². The van der Waals surface area contributed by atoms with Crippen LogP contribution in [0.4, 0.5) is 5.69 Å². The van der Waals surface area contributed by atoms with Crippen LogP contribution in [0, 0.1) is 0 Å². The van der Waals surface area contributed by atoms with Crippen LogP contribution in [0.15, 0.2) is 12.1 Å². The summed E-state index contributed by atoms with van der Waals surface area (Å²) in [5.74, 6) is 0.668. The van der Waals surface area contributed by atoms with Gasteiger partial charge in [-0.3, -0.25) is 0 Å². The molecular formula is C9H13N3O. The fourth-order valence-corrected chi connectivity index (χ4v) is 1.29. The summed E-state index contributed by atoms with van der Waals surface area (Å²) < 4.78 is 5.39. The van der Waals surface area contributed by atoms with E-state index in [9.17, 15) is 0 Å². The predicted octanol–water partition coefficient (Wildman–Crippen LogP) is 0.906. The maximum absolute atomic E-state index is 5.71. The highest BCUT2D eigenvalue weighted by molar-refractivity contribution is 5.54. The van der Waals surface area contributed by atoms with Gasteiger partial charge in [0.2, 0.25) is 5.88 Å². The van der Waals surface area contributed by atoms with Gasteiger partial charge >= 0.3 is 0 Å². The van der Waals surface area contributed by atoms with E-state index in [1.165, 1.54) is 0 Å². The number of nitrogens with two attached hydrogens (primary N) is 1. The molecule has 1 unspecified atom stereocenters. The normalized spacial score (nSPS) is 16.8. The fourth-order valence-electron chi connectivity index (χ4n) is 1.29. The zero-order valence-electron chi connectivity index (χ0n) is 7.58. The van der Waals surface area contributed by atoms with Crippen molar-refractivity contribution in [1.29, 1.82) is 0 Å². The van der Waals surface area contributed by atoms with E-state index in [1.54, 1.807) is 0 Å². The van der Waals surface area contributed by atoms with E-state index >= 15 is 0 Å². The second-order valence-corrected chi connectivity index (χ2v) is 3.15. The molecule has 1 aliphatic rings. The molecule has 0 saturated carbocycles. The Labute approximate surface area is 77.1 Å². The summed E-state index contributed by atoms with van der Waals surface area (Å²) in [4.78, 5) is 4.30. The molecule has 4 nitrogen and oxygen atoms in total. The largest absolute Gasteiger partial charge is 0.474 e. The van der Waals surface area contributed by atoms with Crippen molar-refractivity contribution < 1.29 is 4.74 Å². The van der Waals surface area contributed by atoms with Crippen molar-refractivity contribution in [3.05, 3.63) is 17.8 Å². The molecule has 0 aliphatic carbocycles. The molecule has 0 bridgehead atoms. The Hall–Kier alpha value is -1.29. The molecular weight excluding hydrogens is 166 g/mol. The number of anilines is 1. The van der Waals surface area contributed by atoms with E-state index in [0.717, 1.165) is 17.9 Å². The summed E-state index contributed by atoms with van der Waals surface area (Å²) >= 11 is 0. The van der Waals surface area contributed by atoms with Crippen LogP contribution < -0.4 is 15.8 Å². The minimum Gasteiger partial charge on any atom is -0.474 e. The molecule has 0 spiro atoms. The Bertz CT molecular complexity index is 312. The van der Waals surface area contributed by atoms with Gasteiger partial charge in [-0.15, -0.1) is 0 Å². The Kier molecular flexibility index (Phi) is 2.06. The predicted molar refractivity (Wildman–Crippen MR) is 50.8 cm³/mol. The molecule has 0 aromatic carbocycles. The number of aromatic nitrogens is 1. The van der Waals surface area contributed by atoms with E-state index in [1.807, 2.05) is 19.1 Å². The van der Waals surface area contributed by atoms with Gasteiger partial charge in [-0.25, -0.2) is 4.98 Å². The number of hydrogen-bond donors (Lipinski definition) is 2. The van der Waals surface area contributed by atoms with Crippen molar-refractivity contribution in [3.8, 4) is 5.88 Å². The SMILES string of the molecule is CC(N)c1ccc2c(n1)OCCN2. The Morgan fingerprint density at radius 2 is 2.46 bits per heavy atom. The number of nitrogens with one attached hydrogen (secondary N) is 1. The maximum atomic E-state index is 5.71. The second-order valence-electron chi connectivity index (χ2n) is 3.15. The lowest BCUT2D eigenvalue weighted by atomic mass is 10.2. The van der Waals surface area contributed by atoms with Crippen LogP contribution in [-0.2, 0) is 0 Å². The van der Waals surface area contributed by atoms with Crippen LogP contribution in [-0.4, -0.2) is 18.1 Å². The first-order valence-electron chi connectivity index (χ1n) is 4.40. The number of pyridine rings is 1. The molecule has 1 aromatic rings. The van der Waals surface area contributed by atoms with E-state index < -0.39 is 0 Å².